The molecular weight excluding hydrogens is 402 g/mol. The van der Waals surface area contributed by atoms with E-state index in [1.54, 1.807) is 12.1 Å². The zero-order chi connectivity index (χ0) is 21.0. The number of carbonyl (C=O) groups excluding carboxylic acids is 1. The van der Waals surface area contributed by atoms with E-state index < -0.39 is 10.0 Å². The molecule has 30 heavy (non-hydrogen) atoms. The summed E-state index contributed by atoms with van der Waals surface area (Å²) < 4.78 is 32.4. The number of para-hydroxylation sites is 1. The number of likely N-dealkylation sites (tertiary alicyclic amines) is 1. The van der Waals surface area contributed by atoms with Crippen molar-refractivity contribution in [2.75, 3.05) is 44.7 Å². The lowest BCUT2D eigenvalue weighted by molar-refractivity contribution is 0.0730. The van der Waals surface area contributed by atoms with Gasteiger partial charge in [0.15, 0.2) is 0 Å². The van der Waals surface area contributed by atoms with E-state index >= 15 is 0 Å². The van der Waals surface area contributed by atoms with Gasteiger partial charge in [-0.15, -0.1) is 0 Å². The summed E-state index contributed by atoms with van der Waals surface area (Å²) in [6.07, 6.45) is 2.41. The summed E-state index contributed by atoms with van der Waals surface area (Å²) in [5.74, 6) is -0.317. The maximum absolute atomic E-state index is 12.9. The molecule has 2 aliphatic heterocycles. The number of hydrogen-bond acceptors (Lipinski definition) is 5. The Bertz CT molecular complexity index is 997. The molecule has 1 N–H and O–H groups in total. The van der Waals surface area contributed by atoms with E-state index in [4.69, 9.17) is 4.74 Å². The molecule has 8 heteroatoms. The van der Waals surface area contributed by atoms with Gasteiger partial charge in [0.2, 0.25) is 10.0 Å². The Morgan fingerprint density at radius 3 is 2.47 bits per heavy atom. The van der Waals surface area contributed by atoms with Gasteiger partial charge in [-0.2, -0.15) is 4.31 Å². The summed E-state index contributed by atoms with van der Waals surface area (Å²) in [5.41, 5.74) is 2.14. The molecular formula is C22H27N3O4S. The number of rotatable bonds is 6. The van der Waals surface area contributed by atoms with Gasteiger partial charge < -0.3 is 10.1 Å². The van der Waals surface area contributed by atoms with Crippen LogP contribution in [0.1, 0.15) is 28.8 Å². The highest BCUT2D eigenvalue weighted by Crippen LogP contribution is 2.22. The van der Waals surface area contributed by atoms with Crippen molar-refractivity contribution < 1.29 is 17.9 Å². The Balaban J connectivity index is 1.51. The molecule has 160 valence electrons. The molecule has 2 fully saturated rings. The summed E-state index contributed by atoms with van der Waals surface area (Å²) in [7, 11) is -3.65. The highest BCUT2D eigenvalue weighted by atomic mass is 32.2. The molecule has 0 aliphatic carbocycles. The fourth-order valence-corrected chi connectivity index (χ4v) is 5.34. The van der Waals surface area contributed by atoms with Crippen LogP contribution in [0.25, 0.3) is 0 Å². The first-order valence-electron chi connectivity index (χ1n) is 10.3. The normalized spacial score (nSPS) is 18.4. The molecule has 2 heterocycles. The van der Waals surface area contributed by atoms with E-state index in [9.17, 15) is 13.2 Å². The molecule has 0 bridgehead atoms. The zero-order valence-electron chi connectivity index (χ0n) is 16.9. The lowest BCUT2D eigenvalue weighted by atomic mass is 10.1. The second kappa shape index (κ2) is 9.26. The fraction of sp³-hybridized carbons (Fsp3) is 0.409. The van der Waals surface area contributed by atoms with Crippen LogP contribution in [0, 0.1) is 0 Å². The van der Waals surface area contributed by atoms with Crippen molar-refractivity contribution in [3.05, 3.63) is 59.7 Å². The summed E-state index contributed by atoms with van der Waals surface area (Å²) in [4.78, 5) is 15.4. The number of amides is 1. The number of hydrogen-bond donors (Lipinski definition) is 1. The van der Waals surface area contributed by atoms with E-state index in [0.29, 0.717) is 31.9 Å². The number of morpholine rings is 1. The summed E-state index contributed by atoms with van der Waals surface area (Å²) in [6.45, 7) is 4.35. The Kier molecular flexibility index (Phi) is 6.48. The molecule has 2 aromatic rings. The standard InChI is InChI=1S/C22H27N3O4S/c26-22(23-21-9-2-1-6-19(21)17-24-10-3-4-11-24)18-7-5-8-20(16-18)30(27,28)25-12-14-29-15-13-25/h1-2,5-9,16H,3-4,10-15,17H2,(H,23,26). The Morgan fingerprint density at radius 1 is 0.967 bits per heavy atom. The van der Waals surface area contributed by atoms with Crippen molar-refractivity contribution in [1.82, 2.24) is 9.21 Å². The minimum Gasteiger partial charge on any atom is -0.379 e. The highest BCUT2D eigenvalue weighted by Gasteiger charge is 2.27. The zero-order valence-corrected chi connectivity index (χ0v) is 17.7. The number of sulfonamides is 1. The maximum Gasteiger partial charge on any atom is 0.255 e. The van der Waals surface area contributed by atoms with Gasteiger partial charge in [0.1, 0.15) is 0 Å². The molecule has 0 aromatic heterocycles. The van der Waals surface area contributed by atoms with Crippen LogP contribution in [0.2, 0.25) is 0 Å². The lowest BCUT2D eigenvalue weighted by Gasteiger charge is -2.26. The molecule has 1 amide bonds. The smallest absolute Gasteiger partial charge is 0.255 e. The van der Waals surface area contributed by atoms with Crippen LogP contribution in [0.3, 0.4) is 0 Å². The predicted octanol–water partition coefficient (Wildman–Crippen LogP) is 2.56. The molecule has 2 aliphatic rings. The fourth-order valence-electron chi connectivity index (χ4n) is 3.89. The summed E-state index contributed by atoms with van der Waals surface area (Å²) >= 11 is 0. The second-order valence-corrected chi connectivity index (χ2v) is 9.58. The van der Waals surface area contributed by atoms with Crippen molar-refractivity contribution in [2.45, 2.75) is 24.3 Å². The topological polar surface area (TPSA) is 79.0 Å². The van der Waals surface area contributed by atoms with E-state index in [1.165, 1.54) is 29.3 Å². The van der Waals surface area contributed by atoms with Gasteiger partial charge >= 0.3 is 0 Å². The number of benzene rings is 2. The first-order valence-corrected chi connectivity index (χ1v) is 11.8. The number of nitrogens with zero attached hydrogens (tertiary/aromatic N) is 2. The largest absolute Gasteiger partial charge is 0.379 e. The molecule has 0 atom stereocenters. The minimum atomic E-state index is -3.65. The second-order valence-electron chi connectivity index (χ2n) is 7.64. The van der Waals surface area contributed by atoms with Gasteiger partial charge in [-0.05, 0) is 55.8 Å². The van der Waals surface area contributed by atoms with Gasteiger partial charge in [-0.25, -0.2) is 8.42 Å². The monoisotopic (exact) mass is 429 g/mol. The van der Waals surface area contributed by atoms with Gasteiger partial charge in [0, 0.05) is 30.9 Å². The van der Waals surface area contributed by atoms with E-state index in [1.807, 2.05) is 24.3 Å². The van der Waals surface area contributed by atoms with Crippen LogP contribution in [0.5, 0.6) is 0 Å². The van der Waals surface area contributed by atoms with Crippen LogP contribution < -0.4 is 5.32 Å². The molecule has 2 aromatic carbocycles. The van der Waals surface area contributed by atoms with E-state index in [2.05, 4.69) is 10.2 Å². The predicted molar refractivity (Wildman–Crippen MR) is 115 cm³/mol. The highest BCUT2D eigenvalue weighted by molar-refractivity contribution is 7.89. The van der Waals surface area contributed by atoms with Gasteiger partial charge in [-0.3, -0.25) is 9.69 Å². The average Bonchev–Trinajstić information content (AvgIpc) is 3.29. The molecule has 0 unspecified atom stereocenters. The Hall–Kier alpha value is -2.26. The van der Waals surface area contributed by atoms with E-state index in [0.717, 1.165) is 30.9 Å². The molecule has 4 rings (SSSR count). The van der Waals surface area contributed by atoms with Crippen LogP contribution in [-0.2, 0) is 21.3 Å². The molecule has 0 saturated carbocycles. The minimum absolute atomic E-state index is 0.127. The van der Waals surface area contributed by atoms with Crippen molar-refractivity contribution in [3.63, 3.8) is 0 Å². The Labute approximate surface area is 177 Å². The number of nitrogens with one attached hydrogen (secondary N) is 1. The van der Waals surface area contributed by atoms with Gasteiger partial charge in [0.05, 0.1) is 18.1 Å². The van der Waals surface area contributed by atoms with Crippen LogP contribution in [0.4, 0.5) is 5.69 Å². The Morgan fingerprint density at radius 2 is 1.70 bits per heavy atom. The van der Waals surface area contributed by atoms with Crippen LogP contribution >= 0.6 is 0 Å². The molecule has 2 saturated heterocycles. The van der Waals surface area contributed by atoms with Crippen molar-refractivity contribution in [3.8, 4) is 0 Å². The van der Waals surface area contributed by atoms with Crippen molar-refractivity contribution in [1.29, 1.82) is 0 Å². The first-order chi connectivity index (χ1) is 14.5. The van der Waals surface area contributed by atoms with Crippen LogP contribution in [-0.4, -0.2) is 62.9 Å². The molecule has 7 nitrogen and oxygen atoms in total. The average molecular weight is 430 g/mol. The van der Waals surface area contributed by atoms with Crippen molar-refractivity contribution in [2.24, 2.45) is 0 Å². The third-order valence-corrected chi connectivity index (χ3v) is 7.46. The number of anilines is 1. The van der Waals surface area contributed by atoms with E-state index in [-0.39, 0.29) is 10.8 Å². The molecule has 0 spiro atoms. The third kappa shape index (κ3) is 4.73. The van der Waals surface area contributed by atoms with Gasteiger partial charge in [-0.1, -0.05) is 24.3 Å². The summed E-state index contributed by atoms with van der Waals surface area (Å²) in [5, 5.41) is 2.96. The van der Waals surface area contributed by atoms with Crippen molar-refractivity contribution >= 4 is 21.6 Å². The number of ether oxygens (including phenoxy) is 1. The maximum atomic E-state index is 12.9. The SMILES string of the molecule is O=C(Nc1ccccc1CN1CCCC1)c1cccc(S(=O)(=O)N2CCOCC2)c1. The first kappa shape index (κ1) is 21.0. The quantitative estimate of drug-likeness (QED) is 0.764. The lowest BCUT2D eigenvalue weighted by Crippen LogP contribution is -2.40. The third-order valence-electron chi connectivity index (χ3n) is 5.56. The summed E-state index contributed by atoms with van der Waals surface area (Å²) in [6, 6.07) is 14.0. The van der Waals surface area contributed by atoms with Gasteiger partial charge in [0.25, 0.3) is 5.91 Å². The molecule has 0 radical (unpaired) electrons. The van der Waals surface area contributed by atoms with Crippen LogP contribution in [0.15, 0.2) is 53.4 Å². The number of carbonyl (C=O) groups is 1.